The Balaban J connectivity index is 3.12. The lowest BCUT2D eigenvalue weighted by Crippen LogP contribution is -2.38. The van der Waals surface area contributed by atoms with Crippen LogP contribution in [-0.2, 0) is 10.0 Å². The van der Waals surface area contributed by atoms with Crippen molar-refractivity contribution in [1.29, 1.82) is 0 Å². The highest BCUT2D eigenvalue weighted by Crippen LogP contribution is 2.24. The second-order valence-corrected chi connectivity index (χ2v) is 6.76. The molecule has 21 heavy (non-hydrogen) atoms. The number of nitrogens with zero attached hydrogens (tertiary/aromatic N) is 2. The normalized spacial score (nSPS) is 13.4. The topological polar surface area (TPSA) is 92.6 Å². The molecular formula is C12H18FN3O4S. The van der Waals surface area contributed by atoms with Crippen LogP contribution < -0.4 is 4.72 Å². The molecule has 7 nitrogen and oxygen atoms in total. The number of rotatable bonds is 6. The Morgan fingerprint density at radius 1 is 1.43 bits per heavy atom. The van der Waals surface area contributed by atoms with Crippen molar-refractivity contribution in [3.63, 3.8) is 0 Å². The van der Waals surface area contributed by atoms with Crippen LogP contribution in [0.1, 0.15) is 12.5 Å². The van der Waals surface area contributed by atoms with Gasteiger partial charge in [0, 0.05) is 18.7 Å². The van der Waals surface area contributed by atoms with E-state index in [1.54, 1.807) is 14.1 Å². The monoisotopic (exact) mass is 319 g/mol. The van der Waals surface area contributed by atoms with Gasteiger partial charge in [0.05, 0.1) is 9.82 Å². The molecule has 0 spiro atoms. The zero-order chi connectivity index (χ0) is 16.4. The number of halogens is 1. The van der Waals surface area contributed by atoms with Crippen molar-refractivity contribution in [3.05, 3.63) is 33.6 Å². The van der Waals surface area contributed by atoms with Crippen LogP contribution in [0.15, 0.2) is 17.0 Å². The van der Waals surface area contributed by atoms with E-state index in [9.17, 15) is 22.9 Å². The fourth-order valence-electron chi connectivity index (χ4n) is 1.50. The lowest BCUT2D eigenvalue weighted by atomic mass is 10.2. The van der Waals surface area contributed by atoms with Gasteiger partial charge in [-0.2, -0.15) is 4.39 Å². The van der Waals surface area contributed by atoms with Gasteiger partial charge in [-0.1, -0.05) is 0 Å². The highest BCUT2D eigenvalue weighted by molar-refractivity contribution is 7.89. The first-order valence-electron chi connectivity index (χ1n) is 6.17. The maximum Gasteiger partial charge on any atom is 0.306 e. The average molecular weight is 319 g/mol. The van der Waals surface area contributed by atoms with E-state index in [1.165, 1.54) is 6.92 Å². The van der Waals surface area contributed by atoms with Gasteiger partial charge in [-0.15, -0.1) is 0 Å². The molecular weight excluding hydrogens is 301 g/mol. The number of likely N-dealkylation sites (N-methyl/N-ethyl adjacent to an activating group) is 1. The molecule has 0 amide bonds. The van der Waals surface area contributed by atoms with Crippen LogP contribution in [0.3, 0.4) is 0 Å². The molecule has 9 heteroatoms. The number of sulfonamides is 1. The van der Waals surface area contributed by atoms with E-state index >= 15 is 0 Å². The van der Waals surface area contributed by atoms with Gasteiger partial charge in [-0.25, -0.2) is 13.1 Å². The van der Waals surface area contributed by atoms with Crippen molar-refractivity contribution in [1.82, 2.24) is 9.62 Å². The molecule has 0 aliphatic carbocycles. The van der Waals surface area contributed by atoms with Gasteiger partial charge >= 0.3 is 5.69 Å². The SMILES string of the molecule is Cc1cc(S(=O)(=O)NCC(C)N(C)C)cc([N+](=O)[O-])c1F. The highest BCUT2D eigenvalue weighted by atomic mass is 32.2. The first-order valence-corrected chi connectivity index (χ1v) is 7.65. The third-order valence-corrected chi connectivity index (χ3v) is 4.57. The highest BCUT2D eigenvalue weighted by Gasteiger charge is 2.24. The van der Waals surface area contributed by atoms with E-state index in [0.29, 0.717) is 0 Å². The summed E-state index contributed by atoms with van der Waals surface area (Å²) in [6, 6.07) is 1.74. The molecule has 0 saturated carbocycles. The molecule has 0 bridgehead atoms. The van der Waals surface area contributed by atoms with Crippen LogP contribution in [0, 0.1) is 22.9 Å². The first-order chi connectivity index (χ1) is 9.56. The molecule has 1 aromatic carbocycles. The van der Waals surface area contributed by atoms with Crippen molar-refractivity contribution in [2.45, 2.75) is 24.8 Å². The van der Waals surface area contributed by atoms with Gasteiger partial charge in [0.25, 0.3) is 0 Å². The van der Waals surface area contributed by atoms with Gasteiger partial charge in [-0.05, 0) is 39.6 Å². The summed E-state index contributed by atoms with van der Waals surface area (Å²) in [6.45, 7) is 3.24. The Bertz CT molecular complexity index is 646. The van der Waals surface area contributed by atoms with Crippen molar-refractivity contribution in [2.75, 3.05) is 20.6 Å². The van der Waals surface area contributed by atoms with Crippen LogP contribution in [0.2, 0.25) is 0 Å². The number of nitro benzene ring substituents is 1. The van der Waals surface area contributed by atoms with Gasteiger partial charge in [0.15, 0.2) is 0 Å². The van der Waals surface area contributed by atoms with Gasteiger partial charge in [-0.3, -0.25) is 10.1 Å². The van der Waals surface area contributed by atoms with Gasteiger partial charge in [0.2, 0.25) is 15.8 Å². The van der Waals surface area contributed by atoms with Crippen molar-refractivity contribution in [3.8, 4) is 0 Å². The van der Waals surface area contributed by atoms with Gasteiger partial charge in [0.1, 0.15) is 0 Å². The Kier molecular flexibility index (Phi) is 5.37. The smallest absolute Gasteiger partial charge is 0.305 e. The fourth-order valence-corrected chi connectivity index (χ4v) is 2.73. The first kappa shape index (κ1) is 17.5. The summed E-state index contributed by atoms with van der Waals surface area (Å²) in [6.07, 6.45) is 0. The molecule has 1 unspecified atom stereocenters. The predicted molar refractivity (Wildman–Crippen MR) is 76.1 cm³/mol. The van der Waals surface area contributed by atoms with Crippen molar-refractivity contribution in [2.24, 2.45) is 0 Å². The summed E-state index contributed by atoms with van der Waals surface area (Å²) in [5.41, 5.74) is -0.943. The number of hydrogen-bond acceptors (Lipinski definition) is 5. The third kappa shape index (κ3) is 4.19. The van der Waals surface area contributed by atoms with E-state index in [-0.39, 0.29) is 23.0 Å². The molecule has 118 valence electrons. The Morgan fingerprint density at radius 2 is 2.00 bits per heavy atom. The molecule has 0 aliphatic rings. The average Bonchev–Trinajstić information content (AvgIpc) is 2.38. The summed E-state index contributed by atoms with van der Waals surface area (Å²) >= 11 is 0. The molecule has 1 aromatic rings. The predicted octanol–water partition coefficient (Wildman–Crippen LogP) is 1.27. The molecule has 0 fully saturated rings. The summed E-state index contributed by atoms with van der Waals surface area (Å²) in [4.78, 5) is 11.3. The second kappa shape index (κ2) is 6.46. The summed E-state index contributed by atoms with van der Waals surface area (Å²) in [7, 11) is -0.337. The second-order valence-electron chi connectivity index (χ2n) is 4.99. The standard InChI is InChI=1S/C12H18FN3O4S/c1-8-5-10(6-11(12(8)13)16(17)18)21(19,20)14-7-9(2)15(3)4/h5-6,9,14H,7H2,1-4H3. The number of nitrogens with one attached hydrogen (secondary N) is 1. The van der Waals surface area contributed by atoms with Crippen LogP contribution in [0.25, 0.3) is 0 Å². The van der Waals surface area contributed by atoms with Crippen LogP contribution in [-0.4, -0.2) is 44.9 Å². The van der Waals surface area contributed by atoms with E-state index in [1.807, 2.05) is 11.8 Å². The largest absolute Gasteiger partial charge is 0.306 e. The van der Waals surface area contributed by atoms with E-state index in [4.69, 9.17) is 0 Å². The van der Waals surface area contributed by atoms with Crippen molar-refractivity contribution < 1.29 is 17.7 Å². The quantitative estimate of drug-likeness (QED) is 0.629. The lowest BCUT2D eigenvalue weighted by Gasteiger charge is -2.20. The summed E-state index contributed by atoms with van der Waals surface area (Å²) in [5.74, 6) is -1.03. The molecule has 0 aromatic heterocycles. The van der Waals surface area contributed by atoms with E-state index in [0.717, 1.165) is 12.1 Å². The Hall–Kier alpha value is -1.58. The number of benzene rings is 1. The summed E-state index contributed by atoms with van der Waals surface area (Å²) in [5, 5.41) is 10.8. The maximum atomic E-state index is 13.6. The minimum atomic E-state index is -3.93. The minimum Gasteiger partial charge on any atom is -0.305 e. The molecule has 0 aliphatic heterocycles. The van der Waals surface area contributed by atoms with Crippen LogP contribution in [0.4, 0.5) is 10.1 Å². The molecule has 0 radical (unpaired) electrons. The minimum absolute atomic E-state index is 0.0590. The molecule has 1 N–H and O–H groups in total. The molecule has 0 heterocycles. The number of nitro groups is 1. The molecule has 1 atom stereocenters. The van der Waals surface area contributed by atoms with Crippen LogP contribution in [0.5, 0.6) is 0 Å². The zero-order valence-electron chi connectivity index (χ0n) is 12.3. The number of aryl methyl sites for hydroxylation is 1. The van der Waals surface area contributed by atoms with E-state index < -0.39 is 26.5 Å². The lowest BCUT2D eigenvalue weighted by molar-refractivity contribution is -0.387. The van der Waals surface area contributed by atoms with E-state index in [2.05, 4.69) is 4.72 Å². The molecule has 1 rings (SSSR count). The maximum absolute atomic E-state index is 13.6. The fraction of sp³-hybridized carbons (Fsp3) is 0.500. The van der Waals surface area contributed by atoms with Crippen molar-refractivity contribution >= 4 is 15.7 Å². The molecule has 0 saturated heterocycles. The third-order valence-electron chi connectivity index (χ3n) is 3.17. The van der Waals surface area contributed by atoms with Crippen LogP contribution >= 0.6 is 0 Å². The zero-order valence-corrected chi connectivity index (χ0v) is 13.1. The number of hydrogen-bond donors (Lipinski definition) is 1. The van der Waals surface area contributed by atoms with Gasteiger partial charge < -0.3 is 4.90 Å². The Morgan fingerprint density at radius 3 is 2.48 bits per heavy atom. The summed E-state index contributed by atoms with van der Waals surface area (Å²) < 4.78 is 40.2. The Labute approximate surface area is 123 Å².